The summed E-state index contributed by atoms with van der Waals surface area (Å²) in [5.41, 5.74) is 2.04. The Bertz CT molecular complexity index is 633. The first-order valence-electron chi connectivity index (χ1n) is 8.58. The molecule has 1 saturated carbocycles. The Morgan fingerprint density at radius 1 is 1.39 bits per heavy atom. The number of rotatable bonds is 5. The Kier molecular flexibility index (Phi) is 4.17. The molecule has 0 spiro atoms. The molecule has 1 saturated heterocycles. The number of carbonyl (C=O) groups is 1. The van der Waals surface area contributed by atoms with E-state index in [1.165, 1.54) is 24.0 Å². The third-order valence-corrected chi connectivity index (χ3v) is 4.73. The molecule has 1 aromatic rings. The highest BCUT2D eigenvalue weighted by molar-refractivity contribution is 6.08. The molecule has 124 valence electrons. The smallest absolute Gasteiger partial charge is 0.255 e. The summed E-state index contributed by atoms with van der Waals surface area (Å²) < 4.78 is 0. The Hall–Kier alpha value is -1.84. The van der Waals surface area contributed by atoms with Gasteiger partial charge in [-0.1, -0.05) is 38.1 Å². The van der Waals surface area contributed by atoms with E-state index in [2.05, 4.69) is 48.4 Å². The van der Waals surface area contributed by atoms with Crippen molar-refractivity contribution < 1.29 is 4.79 Å². The van der Waals surface area contributed by atoms with Gasteiger partial charge in [-0.05, 0) is 49.1 Å². The van der Waals surface area contributed by atoms with Crippen LogP contribution in [0, 0.1) is 5.92 Å². The molecule has 2 aliphatic rings. The first-order chi connectivity index (χ1) is 10.9. The minimum absolute atomic E-state index is 0.128. The minimum atomic E-state index is -0.545. The highest BCUT2D eigenvalue weighted by atomic mass is 16.2. The van der Waals surface area contributed by atoms with Crippen molar-refractivity contribution in [3.8, 4) is 0 Å². The molecule has 1 atom stereocenters. The molecular formula is C19H27N3O. The molecule has 1 unspecified atom stereocenters. The zero-order chi connectivity index (χ0) is 16.6. The lowest BCUT2D eigenvalue weighted by molar-refractivity contribution is -0.131. The summed E-state index contributed by atoms with van der Waals surface area (Å²) in [6, 6.07) is 8.65. The molecule has 4 nitrogen and oxygen atoms in total. The number of benzene rings is 1. The average molecular weight is 313 g/mol. The summed E-state index contributed by atoms with van der Waals surface area (Å²) in [4.78, 5) is 19.0. The number of hydrogen-bond acceptors (Lipinski definition) is 2. The number of hydrogen-bond donors (Lipinski definition) is 1. The molecule has 2 fully saturated rings. The molecule has 1 aliphatic carbocycles. The second kappa shape index (κ2) is 5.99. The highest BCUT2D eigenvalue weighted by Crippen LogP contribution is 2.40. The van der Waals surface area contributed by atoms with Crippen LogP contribution >= 0.6 is 0 Å². The predicted molar refractivity (Wildman–Crippen MR) is 93.3 cm³/mol. The molecule has 1 heterocycles. The lowest BCUT2D eigenvalue weighted by Gasteiger charge is -2.24. The van der Waals surface area contributed by atoms with E-state index in [0.29, 0.717) is 18.4 Å². The summed E-state index contributed by atoms with van der Waals surface area (Å²) in [6.07, 6.45) is 3.40. The van der Waals surface area contributed by atoms with Crippen molar-refractivity contribution in [2.24, 2.45) is 10.9 Å². The normalized spacial score (nSPS) is 26.2. The van der Waals surface area contributed by atoms with Gasteiger partial charge in [-0.15, -0.1) is 0 Å². The van der Waals surface area contributed by atoms with Gasteiger partial charge in [-0.3, -0.25) is 14.7 Å². The molecule has 23 heavy (non-hydrogen) atoms. The first-order valence-corrected chi connectivity index (χ1v) is 8.58. The maximum atomic E-state index is 13.0. The van der Waals surface area contributed by atoms with Crippen LogP contribution in [0.4, 0.5) is 0 Å². The van der Waals surface area contributed by atoms with E-state index in [1.54, 1.807) is 11.9 Å². The Balaban J connectivity index is 1.80. The largest absolute Gasteiger partial charge is 0.342 e. The van der Waals surface area contributed by atoms with E-state index in [0.717, 1.165) is 12.3 Å². The van der Waals surface area contributed by atoms with Gasteiger partial charge in [0, 0.05) is 7.05 Å². The lowest BCUT2D eigenvalue weighted by Crippen LogP contribution is -2.45. The fourth-order valence-electron chi connectivity index (χ4n) is 3.58. The van der Waals surface area contributed by atoms with E-state index in [4.69, 9.17) is 0 Å². The third-order valence-electron chi connectivity index (χ3n) is 4.73. The monoisotopic (exact) mass is 313 g/mol. The molecular weight excluding hydrogens is 286 g/mol. The third kappa shape index (κ3) is 3.26. The van der Waals surface area contributed by atoms with Gasteiger partial charge < -0.3 is 5.32 Å². The van der Waals surface area contributed by atoms with Crippen LogP contribution in [-0.4, -0.2) is 29.4 Å². The van der Waals surface area contributed by atoms with E-state index in [1.807, 2.05) is 6.92 Å². The van der Waals surface area contributed by atoms with Gasteiger partial charge in [-0.25, -0.2) is 0 Å². The van der Waals surface area contributed by atoms with Gasteiger partial charge in [0.1, 0.15) is 5.54 Å². The highest BCUT2D eigenvalue weighted by Gasteiger charge is 2.46. The Labute approximate surface area is 139 Å². The number of aliphatic imine (C=N–C) groups is 1. The Morgan fingerprint density at radius 3 is 2.74 bits per heavy atom. The van der Waals surface area contributed by atoms with Crippen molar-refractivity contribution in [1.29, 1.82) is 0 Å². The summed E-state index contributed by atoms with van der Waals surface area (Å²) in [5.74, 6) is 2.00. The first kappa shape index (κ1) is 16.0. The van der Waals surface area contributed by atoms with Crippen molar-refractivity contribution in [1.82, 2.24) is 10.2 Å². The maximum absolute atomic E-state index is 13.0. The zero-order valence-corrected chi connectivity index (χ0v) is 14.6. The molecule has 1 aliphatic heterocycles. The van der Waals surface area contributed by atoms with Gasteiger partial charge in [0.25, 0.3) is 5.91 Å². The van der Waals surface area contributed by atoms with Gasteiger partial charge in [-0.2, -0.15) is 0 Å². The van der Waals surface area contributed by atoms with Gasteiger partial charge in [0.05, 0.1) is 6.54 Å². The van der Waals surface area contributed by atoms with Crippen molar-refractivity contribution in [2.75, 3.05) is 7.05 Å². The molecule has 1 amide bonds. The molecule has 4 heteroatoms. The van der Waals surface area contributed by atoms with Crippen LogP contribution in [0.25, 0.3) is 0 Å². The second-order valence-corrected chi connectivity index (χ2v) is 7.51. The standard InChI is InChI=1S/C19H27N3O/c1-13(2)11-19(3)17(23)22(18(20-4)21-19)12-14-6-5-7-16(10-14)15-8-9-15/h5-7,10,13,15H,8-9,11-12H2,1-4H3,(H,20,21). The van der Waals surface area contributed by atoms with Crippen LogP contribution in [0.2, 0.25) is 0 Å². The van der Waals surface area contributed by atoms with E-state index < -0.39 is 5.54 Å². The van der Waals surface area contributed by atoms with Crippen LogP contribution in [0.1, 0.15) is 57.1 Å². The van der Waals surface area contributed by atoms with E-state index in [9.17, 15) is 4.79 Å². The molecule has 3 rings (SSSR count). The van der Waals surface area contributed by atoms with Crippen molar-refractivity contribution in [3.05, 3.63) is 35.4 Å². The average Bonchev–Trinajstić information content (AvgIpc) is 3.31. The quantitative estimate of drug-likeness (QED) is 0.906. The van der Waals surface area contributed by atoms with Crippen LogP contribution in [0.3, 0.4) is 0 Å². The molecule has 1 N–H and O–H groups in total. The topological polar surface area (TPSA) is 44.7 Å². The molecule has 0 radical (unpaired) electrons. The number of nitrogens with zero attached hydrogens (tertiary/aromatic N) is 2. The van der Waals surface area contributed by atoms with Crippen LogP contribution in [-0.2, 0) is 11.3 Å². The molecule has 0 aromatic heterocycles. The number of amides is 1. The van der Waals surface area contributed by atoms with Crippen molar-refractivity contribution >= 4 is 11.9 Å². The lowest BCUT2D eigenvalue weighted by atomic mass is 9.91. The second-order valence-electron chi connectivity index (χ2n) is 7.51. The van der Waals surface area contributed by atoms with Crippen molar-refractivity contribution in [3.63, 3.8) is 0 Å². The zero-order valence-electron chi connectivity index (χ0n) is 14.6. The molecule has 1 aromatic carbocycles. The SMILES string of the molecule is CN=C1NC(C)(CC(C)C)C(=O)N1Cc1cccc(C2CC2)c1. The van der Waals surface area contributed by atoms with Gasteiger partial charge in [0.2, 0.25) is 5.96 Å². The van der Waals surface area contributed by atoms with Crippen molar-refractivity contribution in [2.45, 2.75) is 58.0 Å². The minimum Gasteiger partial charge on any atom is -0.342 e. The fourth-order valence-corrected chi connectivity index (χ4v) is 3.58. The van der Waals surface area contributed by atoms with E-state index in [-0.39, 0.29) is 5.91 Å². The molecule has 0 bridgehead atoms. The van der Waals surface area contributed by atoms with E-state index >= 15 is 0 Å². The van der Waals surface area contributed by atoms with Crippen LogP contribution < -0.4 is 5.32 Å². The van der Waals surface area contributed by atoms with Crippen LogP contribution in [0.5, 0.6) is 0 Å². The summed E-state index contributed by atoms with van der Waals surface area (Å²) in [5, 5.41) is 3.34. The number of nitrogens with one attached hydrogen (secondary N) is 1. The summed E-state index contributed by atoms with van der Waals surface area (Å²) in [7, 11) is 1.74. The maximum Gasteiger partial charge on any atom is 0.255 e. The summed E-state index contributed by atoms with van der Waals surface area (Å²) >= 11 is 0. The predicted octanol–water partition coefficient (Wildman–Crippen LogP) is 3.29. The fraction of sp³-hybridized carbons (Fsp3) is 0.579. The number of carbonyl (C=O) groups excluding carboxylic acids is 1. The van der Waals surface area contributed by atoms with Gasteiger partial charge >= 0.3 is 0 Å². The Morgan fingerprint density at radius 2 is 2.13 bits per heavy atom. The van der Waals surface area contributed by atoms with Gasteiger partial charge in [0.15, 0.2) is 0 Å². The number of guanidine groups is 1. The summed E-state index contributed by atoms with van der Waals surface area (Å²) in [6.45, 7) is 6.86. The van der Waals surface area contributed by atoms with Crippen LogP contribution in [0.15, 0.2) is 29.3 Å².